The summed E-state index contributed by atoms with van der Waals surface area (Å²) in [4.78, 5) is 27.4. The summed E-state index contributed by atoms with van der Waals surface area (Å²) in [5.74, 6) is -0.261. The number of piperidine rings is 1. The zero-order chi connectivity index (χ0) is 25.2. The zero-order valence-corrected chi connectivity index (χ0v) is 20.9. The van der Waals surface area contributed by atoms with Crippen molar-refractivity contribution in [1.29, 1.82) is 0 Å². The number of aryl methyl sites for hydroxylation is 1. The van der Waals surface area contributed by atoms with Crippen molar-refractivity contribution in [2.45, 2.75) is 52.1 Å². The Morgan fingerprint density at radius 2 is 1.74 bits per heavy atom. The number of carbonyl (C=O) groups excluding carboxylic acids is 1. The van der Waals surface area contributed by atoms with Crippen molar-refractivity contribution < 1.29 is 19.4 Å². The fourth-order valence-electron chi connectivity index (χ4n) is 4.71. The molecule has 1 saturated heterocycles. The van der Waals surface area contributed by atoms with Crippen LogP contribution in [0.3, 0.4) is 0 Å². The Morgan fingerprint density at radius 1 is 1.00 bits per heavy atom. The first kappa shape index (κ1) is 24.5. The summed E-state index contributed by atoms with van der Waals surface area (Å²) in [5.41, 5.74) is 4.65. The van der Waals surface area contributed by atoms with E-state index in [-0.39, 0.29) is 11.8 Å². The molecule has 5 heteroatoms. The molecule has 0 bridgehead atoms. The van der Waals surface area contributed by atoms with Crippen molar-refractivity contribution in [3.63, 3.8) is 0 Å². The summed E-state index contributed by atoms with van der Waals surface area (Å²) in [5, 5.41) is 9.40. The minimum absolute atomic E-state index is 0.0640. The van der Waals surface area contributed by atoms with Crippen molar-refractivity contribution in [2.75, 3.05) is 13.1 Å². The Kier molecular flexibility index (Phi) is 6.97. The number of likely N-dealkylation sites (tertiary alicyclic amines) is 1. The number of amides is 1. The van der Waals surface area contributed by atoms with Gasteiger partial charge in [-0.25, -0.2) is 4.79 Å². The summed E-state index contributed by atoms with van der Waals surface area (Å²) in [6, 6.07) is 21.8. The third kappa shape index (κ3) is 5.24. The van der Waals surface area contributed by atoms with Gasteiger partial charge < -0.3 is 14.7 Å². The van der Waals surface area contributed by atoms with E-state index >= 15 is 0 Å². The topological polar surface area (TPSA) is 66.8 Å². The number of ether oxygens (including phenoxy) is 1. The van der Waals surface area contributed by atoms with E-state index < -0.39 is 11.6 Å². The second-order valence-electron chi connectivity index (χ2n) is 9.88. The molecule has 4 rings (SSSR count). The van der Waals surface area contributed by atoms with Gasteiger partial charge >= 0.3 is 5.97 Å². The summed E-state index contributed by atoms with van der Waals surface area (Å²) in [6.07, 6.45) is 1.88. The third-order valence-corrected chi connectivity index (χ3v) is 6.96. The number of hydrogen-bond acceptors (Lipinski definition) is 3. The molecule has 0 aromatic heterocycles. The molecular formula is C30H33NO4. The highest BCUT2D eigenvalue weighted by Gasteiger charge is 2.31. The maximum atomic E-state index is 13.9. The van der Waals surface area contributed by atoms with Crippen molar-refractivity contribution in [3.05, 3.63) is 89.0 Å². The van der Waals surface area contributed by atoms with Gasteiger partial charge in [-0.15, -0.1) is 0 Å². The molecule has 1 aliphatic rings. The molecule has 3 aromatic carbocycles. The monoisotopic (exact) mass is 471 g/mol. The van der Waals surface area contributed by atoms with Crippen LogP contribution in [-0.4, -0.2) is 40.6 Å². The number of benzene rings is 3. The van der Waals surface area contributed by atoms with Crippen LogP contribution in [0, 0.1) is 13.8 Å². The SMILES string of the molecule is Cc1ccc(-c2ccccc2)c(C(=O)N2CCCC(c3cccc(OC(C)(C)C(=O)O)c3)C2)c1C. The van der Waals surface area contributed by atoms with E-state index in [1.807, 2.05) is 67.3 Å². The standard InChI is InChI=1S/C30H33NO4/c1-20-15-16-26(22-10-6-5-7-11-22)27(21(20)2)28(32)31-17-9-13-24(19-31)23-12-8-14-25(18-23)35-30(3,4)29(33)34/h5-8,10-12,14-16,18,24H,9,13,17,19H2,1-4H3,(H,33,34). The average molecular weight is 472 g/mol. The average Bonchev–Trinajstić information content (AvgIpc) is 2.85. The van der Waals surface area contributed by atoms with Crippen LogP contribution in [-0.2, 0) is 4.79 Å². The molecule has 1 N–H and O–H groups in total. The number of carboxylic acid groups (broad SMARTS) is 1. The Balaban J connectivity index is 1.60. The van der Waals surface area contributed by atoms with Crippen LogP contribution in [0.4, 0.5) is 0 Å². The molecule has 3 aromatic rings. The molecule has 0 spiro atoms. The Labute approximate surface area is 207 Å². The summed E-state index contributed by atoms with van der Waals surface area (Å²) >= 11 is 0. The molecule has 0 radical (unpaired) electrons. The predicted molar refractivity (Wildman–Crippen MR) is 138 cm³/mol. The molecule has 1 aliphatic heterocycles. The van der Waals surface area contributed by atoms with Gasteiger partial charge in [-0.05, 0) is 80.5 Å². The Morgan fingerprint density at radius 3 is 2.46 bits per heavy atom. The van der Waals surface area contributed by atoms with E-state index in [1.165, 1.54) is 13.8 Å². The lowest BCUT2D eigenvalue weighted by atomic mass is 9.88. The molecular weight excluding hydrogens is 438 g/mol. The van der Waals surface area contributed by atoms with Gasteiger partial charge in [0.05, 0.1) is 5.56 Å². The van der Waals surface area contributed by atoms with E-state index in [0.717, 1.165) is 52.8 Å². The fourth-order valence-corrected chi connectivity index (χ4v) is 4.71. The lowest BCUT2D eigenvalue weighted by Crippen LogP contribution is -2.40. The van der Waals surface area contributed by atoms with E-state index in [1.54, 1.807) is 6.07 Å². The first-order chi connectivity index (χ1) is 16.7. The van der Waals surface area contributed by atoms with Crippen LogP contribution in [0.15, 0.2) is 66.7 Å². The van der Waals surface area contributed by atoms with E-state index in [0.29, 0.717) is 12.3 Å². The quantitative estimate of drug-likeness (QED) is 0.463. The van der Waals surface area contributed by atoms with E-state index in [2.05, 4.69) is 12.1 Å². The molecule has 1 heterocycles. The number of aliphatic carboxylic acids is 1. The zero-order valence-electron chi connectivity index (χ0n) is 20.9. The lowest BCUT2D eigenvalue weighted by molar-refractivity contribution is -0.152. The van der Waals surface area contributed by atoms with Gasteiger partial charge in [0.25, 0.3) is 5.91 Å². The van der Waals surface area contributed by atoms with E-state index in [9.17, 15) is 14.7 Å². The highest BCUT2D eigenvalue weighted by molar-refractivity contribution is 6.02. The van der Waals surface area contributed by atoms with Gasteiger partial charge in [0, 0.05) is 19.0 Å². The van der Waals surface area contributed by atoms with Gasteiger partial charge in [0.2, 0.25) is 0 Å². The van der Waals surface area contributed by atoms with Crippen LogP contribution in [0.2, 0.25) is 0 Å². The van der Waals surface area contributed by atoms with Gasteiger partial charge in [-0.3, -0.25) is 4.79 Å². The van der Waals surface area contributed by atoms with Crippen LogP contribution in [0.1, 0.15) is 59.7 Å². The molecule has 0 aliphatic carbocycles. The minimum Gasteiger partial charge on any atom is -0.478 e. The highest BCUT2D eigenvalue weighted by atomic mass is 16.5. The molecule has 5 nitrogen and oxygen atoms in total. The first-order valence-electron chi connectivity index (χ1n) is 12.1. The third-order valence-electron chi connectivity index (χ3n) is 6.96. The minimum atomic E-state index is -1.32. The van der Waals surface area contributed by atoms with Crippen molar-refractivity contribution in [3.8, 4) is 16.9 Å². The molecule has 0 saturated carbocycles. The van der Waals surface area contributed by atoms with E-state index in [4.69, 9.17) is 4.74 Å². The number of nitrogens with zero attached hydrogens (tertiary/aromatic N) is 1. The van der Waals surface area contributed by atoms with Crippen molar-refractivity contribution in [2.24, 2.45) is 0 Å². The fraction of sp³-hybridized carbons (Fsp3) is 0.333. The second-order valence-corrected chi connectivity index (χ2v) is 9.88. The number of carbonyl (C=O) groups is 2. The van der Waals surface area contributed by atoms with Crippen molar-refractivity contribution >= 4 is 11.9 Å². The smallest absolute Gasteiger partial charge is 0.347 e. The molecule has 35 heavy (non-hydrogen) atoms. The molecule has 182 valence electrons. The normalized spacial score (nSPS) is 16.1. The Hall–Kier alpha value is -3.60. The maximum absolute atomic E-state index is 13.9. The van der Waals surface area contributed by atoms with Crippen LogP contribution in [0.25, 0.3) is 11.1 Å². The maximum Gasteiger partial charge on any atom is 0.347 e. The molecule has 1 amide bonds. The Bertz CT molecular complexity index is 1230. The molecule has 1 fully saturated rings. The highest BCUT2D eigenvalue weighted by Crippen LogP contribution is 2.34. The second kappa shape index (κ2) is 9.95. The number of rotatable bonds is 6. The van der Waals surface area contributed by atoms with Gasteiger partial charge in [-0.1, -0.05) is 54.6 Å². The van der Waals surface area contributed by atoms with Gasteiger partial charge in [0.1, 0.15) is 5.75 Å². The molecule has 1 atom stereocenters. The lowest BCUT2D eigenvalue weighted by Gasteiger charge is -2.34. The van der Waals surface area contributed by atoms with Crippen molar-refractivity contribution in [1.82, 2.24) is 4.90 Å². The summed E-state index contributed by atoms with van der Waals surface area (Å²) < 4.78 is 5.75. The molecule has 1 unspecified atom stereocenters. The van der Waals surface area contributed by atoms with Crippen LogP contribution in [0.5, 0.6) is 5.75 Å². The van der Waals surface area contributed by atoms with Crippen LogP contribution < -0.4 is 4.74 Å². The summed E-state index contributed by atoms with van der Waals surface area (Å²) in [7, 11) is 0. The number of carboxylic acids is 1. The largest absolute Gasteiger partial charge is 0.478 e. The van der Waals surface area contributed by atoms with Gasteiger partial charge in [0.15, 0.2) is 5.60 Å². The first-order valence-corrected chi connectivity index (χ1v) is 12.1. The van der Waals surface area contributed by atoms with Gasteiger partial charge in [-0.2, -0.15) is 0 Å². The summed E-state index contributed by atoms with van der Waals surface area (Å²) in [6.45, 7) is 8.49. The van der Waals surface area contributed by atoms with Crippen LogP contribution >= 0.6 is 0 Å². The predicted octanol–water partition coefficient (Wildman–Crippen LogP) is 6.23. The number of hydrogen-bond donors (Lipinski definition) is 1.